The smallest absolute Gasteiger partial charge is 0.138 e. The Balaban J connectivity index is 1.83. The molecule has 0 saturated carbocycles. The molecule has 2 nitrogen and oxygen atoms in total. The minimum absolute atomic E-state index is 0.170. The van der Waals surface area contributed by atoms with Crippen molar-refractivity contribution in [3.8, 4) is 5.75 Å². The van der Waals surface area contributed by atoms with Gasteiger partial charge in [0.05, 0.1) is 5.02 Å². The first-order valence-corrected chi connectivity index (χ1v) is 7.76. The van der Waals surface area contributed by atoms with Gasteiger partial charge in [-0.05, 0) is 31.2 Å². The molecule has 2 aromatic rings. The SMILES string of the molecule is CN1CCC(Oc2ccccc2Cl)C(c2ccccc2)C1. The van der Waals surface area contributed by atoms with Crippen molar-refractivity contribution in [3.05, 3.63) is 65.2 Å². The van der Waals surface area contributed by atoms with Gasteiger partial charge in [-0.3, -0.25) is 0 Å². The highest BCUT2D eigenvalue weighted by atomic mass is 35.5. The van der Waals surface area contributed by atoms with Gasteiger partial charge in [0.25, 0.3) is 0 Å². The zero-order valence-electron chi connectivity index (χ0n) is 12.2. The van der Waals surface area contributed by atoms with Crippen molar-refractivity contribution in [1.29, 1.82) is 0 Å². The average Bonchev–Trinajstić information content (AvgIpc) is 2.52. The minimum Gasteiger partial charge on any atom is -0.488 e. The Hall–Kier alpha value is -1.51. The Morgan fingerprint density at radius 1 is 1.05 bits per heavy atom. The fraction of sp³-hybridized carbons (Fsp3) is 0.333. The second kappa shape index (κ2) is 6.50. The summed E-state index contributed by atoms with van der Waals surface area (Å²) >= 11 is 6.23. The van der Waals surface area contributed by atoms with Crippen LogP contribution in [0.1, 0.15) is 17.9 Å². The van der Waals surface area contributed by atoms with E-state index >= 15 is 0 Å². The number of ether oxygens (including phenoxy) is 1. The summed E-state index contributed by atoms with van der Waals surface area (Å²) in [7, 11) is 2.17. The lowest BCUT2D eigenvalue weighted by molar-refractivity contribution is 0.0903. The summed E-state index contributed by atoms with van der Waals surface area (Å²) in [6.45, 7) is 2.07. The van der Waals surface area contributed by atoms with Crippen molar-refractivity contribution in [1.82, 2.24) is 4.90 Å². The van der Waals surface area contributed by atoms with Gasteiger partial charge in [-0.25, -0.2) is 0 Å². The van der Waals surface area contributed by atoms with Gasteiger partial charge in [0.15, 0.2) is 0 Å². The summed E-state index contributed by atoms with van der Waals surface area (Å²) < 4.78 is 6.24. The van der Waals surface area contributed by atoms with E-state index in [0.29, 0.717) is 10.9 Å². The number of para-hydroxylation sites is 1. The molecule has 0 radical (unpaired) electrons. The first kappa shape index (κ1) is 14.4. The summed E-state index contributed by atoms with van der Waals surface area (Å²) in [5.41, 5.74) is 1.33. The molecule has 2 unspecified atom stereocenters. The number of piperidine rings is 1. The van der Waals surface area contributed by atoms with Gasteiger partial charge in [0, 0.05) is 19.0 Å². The quantitative estimate of drug-likeness (QED) is 0.842. The molecule has 1 saturated heterocycles. The molecule has 0 aromatic heterocycles. The van der Waals surface area contributed by atoms with E-state index in [1.165, 1.54) is 5.56 Å². The van der Waals surface area contributed by atoms with Crippen molar-refractivity contribution in [2.45, 2.75) is 18.4 Å². The Morgan fingerprint density at radius 3 is 2.52 bits per heavy atom. The summed E-state index contributed by atoms with van der Waals surface area (Å²) in [5.74, 6) is 1.16. The molecule has 0 bridgehead atoms. The van der Waals surface area contributed by atoms with Gasteiger partial charge in [-0.15, -0.1) is 0 Å². The zero-order chi connectivity index (χ0) is 14.7. The highest BCUT2D eigenvalue weighted by molar-refractivity contribution is 6.32. The number of likely N-dealkylation sites (N-methyl/N-ethyl adjacent to an activating group) is 1. The minimum atomic E-state index is 0.170. The Kier molecular flexibility index (Phi) is 4.47. The molecule has 3 heteroatoms. The van der Waals surface area contributed by atoms with E-state index in [1.54, 1.807) is 0 Å². The lowest BCUT2D eigenvalue weighted by Gasteiger charge is -2.37. The van der Waals surface area contributed by atoms with Crippen LogP contribution in [0.3, 0.4) is 0 Å². The molecule has 0 N–H and O–H groups in total. The van der Waals surface area contributed by atoms with Gasteiger partial charge in [-0.2, -0.15) is 0 Å². The van der Waals surface area contributed by atoms with E-state index in [4.69, 9.17) is 16.3 Å². The molecule has 110 valence electrons. The molecule has 1 aliphatic rings. The first-order chi connectivity index (χ1) is 10.2. The average molecular weight is 302 g/mol. The van der Waals surface area contributed by atoms with Crippen LogP contribution in [0.25, 0.3) is 0 Å². The molecule has 0 amide bonds. The van der Waals surface area contributed by atoms with Crippen molar-refractivity contribution >= 4 is 11.6 Å². The number of benzene rings is 2. The number of halogens is 1. The van der Waals surface area contributed by atoms with E-state index in [9.17, 15) is 0 Å². The van der Waals surface area contributed by atoms with Gasteiger partial charge in [0.1, 0.15) is 11.9 Å². The monoisotopic (exact) mass is 301 g/mol. The maximum atomic E-state index is 6.24. The predicted molar refractivity (Wildman–Crippen MR) is 87.2 cm³/mol. The van der Waals surface area contributed by atoms with Gasteiger partial charge in [-0.1, -0.05) is 54.1 Å². The van der Waals surface area contributed by atoms with Gasteiger partial charge < -0.3 is 9.64 Å². The molecule has 0 aliphatic carbocycles. The second-order valence-corrected chi connectivity index (χ2v) is 6.06. The summed E-state index contributed by atoms with van der Waals surface area (Å²) in [5, 5.41) is 0.684. The largest absolute Gasteiger partial charge is 0.488 e. The maximum absolute atomic E-state index is 6.24. The van der Waals surface area contributed by atoms with Crippen molar-refractivity contribution in [2.75, 3.05) is 20.1 Å². The zero-order valence-corrected chi connectivity index (χ0v) is 13.0. The lowest BCUT2D eigenvalue weighted by atomic mass is 9.88. The van der Waals surface area contributed by atoms with E-state index in [-0.39, 0.29) is 6.10 Å². The number of rotatable bonds is 3. The third kappa shape index (κ3) is 3.39. The van der Waals surface area contributed by atoms with Crippen molar-refractivity contribution < 1.29 is 4.74 Å². The Bertz CT molecular complexity index is 587. The topological polar surface area (TPSA) is 12.5 Å². The number of hydrogen-bond donors (Lipinski definition) is 0. The third-order valence-corrected chi connectivity index (χ3v) is 4.41. The molecule has 1 aliphatic heterocycles. The molecule has 21 heavy (non-hydrogen) atoms. The van der Waals surface area contributed by atoms with E-state index in [2.05, 4.69) is 42.3 Å². The molecular weight excluding hydrogens is 282 g/mol. The van der Waals surface area contributed by atoms with Crippen LogP contribution in [-0.2, 0) is 0 Å². The van der Waals surface area contributed by atoms with E-state index in [0.717, 1.165) is 25.3 Å². The van der Waals surface area contributed by atoms with Crippen LogP contribution in [0.15, 0.2) is 54.6 Å². The van der Waals surface area contributed by atoms with Crippen molar-refractivity contribution in [2.24, 2.45) is 0 Å². The summed E-state index contributed by atoms with van der Waals surface area (Å²) in [6.07, 6.45) is 1.19. The van der Waals surface area contributed by atoms with Crippen LogP contribution in [0, 0.1) is 0 Å². The Morgan fingerprint density at radius 2 is 1.76 bits per heavy atom. The molecule has 1 heterocycles. The second-order valence-electron chi connectivity index (χ2n) is 5.65. The van der Waals surface area contributed by atoms with Crippen LogP contribution in [0.2, 0.25) is 5.02 Å². The van der Waals surface area contributed by atoms with Crippen LogP contribution in [0.5, 0.6) is 5.75 Å². The van der Waals surface area contributed by atoms with Crippen LogP contribution in [-0.4, -0.2) is 31.1 Å². The van der Waals surface area contributed by atoms with Crippen LogP contribution >= 0.6 is 11.6 Å². The fourth-order valence-electron chi connectivity index (χ4n) is 2.96. The van der Waals surface area contributed by atoms with Crippen LogP contribution in [0.4, 0.5) is 0 Å². The predicted octanol–water partition coefficient (Wildman–Crippen LogP) is 4.21. The highest BCUT2D eigenvalue weighted by Gasteiger charge is 2.30. The first-order valence-electron chi connectivity index (χ1n) is 7.39. The standard InChI is InChI=1S/C18H20ClNO/c1-20-12-11-17(21-18-10-6-5-9-16(18)19)15(13-20)14-7-3-2-4-8-14/h2-10,15,17H,11-13H2,1H3. The highest BCUT2D eigenvalue weighted by Crippen LogP contribution is 2.32. The fourth-order valence-corrected chi connectivity index (χ4v) is 3.14. The normalized spacial score (nSPS) is 23.0. The third-order valence-electron chi connectivity index (χ3n) is 4.10. The lowest BCUT2D eigenvalue weighted by Crippen LogP contribution is -2.42. The molecule has 3 rings (SSSR count). The van der Waals surface area contributed by atoms with Crippen LogP contribution < -0.4 is 4.74 Å². The number of nitrogens with zero attached hydrogens (tertiary/aromatic N) is 1. The summed E-state index contributed by atoms with van der Waals surface area (Å²) in [6, 6.07) is 18.3. The van der Waals surface area contributed by atoms with Gasteiger partial charge >= 0.3 is 0 Å². The van der Waals surface area contributed by atoms with E-state index in [1.807, 2.05) is 24.3 Å². The summed E-state index contributed by atoms with van der Waals surface area (Å²) in [4.78, 5) is 2.37. The van der Waals surface area contributed by atoms with E-state index < -0.39 is 0 Å². The molecule has 1 fully saturated rings. The molecule has 2 atom stereocenters. The van der Waals surface area contributed by atoms with Crippen molar-refractivity contribution in [3.63, 3.8) is 0 Å². The maximum Gasteiger partial charge on any atom is 0.138 e. The number of hydrogen-bond acceptors (Lipinski definition) is 2. The van der Waals surface area contributed by atoms with Gasteiger partial charge in [0.2, 0.25) is 0 Å². The molecular formula is C18H20ClNO. The number of likely N-dealkylation sites (tertiary alicyclic amines) is 1. The Labute approximate surface area is 131 Å². The molecule has 2 aromatic carbocycles. The molecule has 0 spiro atoms.